The molecule has 1 aliphatic rings. The van der Waals surface area contributed by atoms with Gasteiger partial charge in [0.2, 0.25) is 10.0 Å². The van der Waals surface area contributed by atoms with Crippen molar-refractivity contribution in [3.63, 3.8) is 0 Å². The summed E-state index contributed by atoms with van der Waals surface area (Å²) in [5.41, 5.74) is 0.614. The van der Waals surface area contributed by atoms with Crippen LogP contribution >= 0.6 is 12.4 Å². The molecule has 9 heteroatoms. The number of sulfonamides is 1. The van der Waals surface area contributed by atoms with E-state index < -0.39 is 21.9 Å². The van der Waals surface area contributed by atoms with Crippen molar-refractivity contribution in [1.82, 2.24) is 9.62 Å². The van der Waals surface area contributed by atoms with E-state index in [0.29, 0.717) is 25.3 Å². The summed E-state index contributed by atoms with van der Waals surface area (Å²) in [6, 6.07) is 12.1. The first-order chi connectivity index (χ1) is 13.0. The molecule has 154 valence electrons. The summed E-state index contributed by atoms with van der Waals surface area (Å²) >= 11 is 0. The highest BCUT2D eigenvalue weighted by Gasteiger charge is 2.36. The average Bonchev–Trinajstić information content (AvgIpc) is 2.68. The molecule has 0 amide bonds. The number of rotatable bonds is 7. The van der Waals surface area contributed by atoms with Crippen LogP contribution in [-0.4, -0.2) is 52.7 Å². The fourth-order valence-corrected chi connectivity index (χ4v) is 4.86. The first-order valence-corrected chi connectivity index (χ1v) is 10.2. The molecule has 0 bridgehead atoms. The number of hydrogen-bond acceptors (Lipinski definition) is 5. The molecule has 2 aromatic carbocycles. The van der Waals surface area contributed by atoms with E-state index in [9.17, 15) is 12.8 Å². The molecule has 0 aliphatic carbocycles. The van der Waals surface area contributed by atoms with Crippen LogP contribution in [0.1, 0.15) is 11.6 Å². The van der Waals surface area contributed by atoms with Crippen LogP contribution < -0.4 is 10.1 Å². The number of hydrogen-bond donors (Lipinski definition) is 1. The summed E-state index contributed by atoms with van der Waals surface area (Å²) < 4.78 is 52.5. The highest BCUT2D eigenvalue weighted by molar-refractivity contribution is 7.89. The normalized spacial score (nSPS) is 17.7. The number of benzene rings is 2. The van der Waals surface area contributed by atoms with Gasteiger partial charge in [-0.2, -0.15) is 4.31 Å². The van der Waals surface area contributed by atoms with Gasteiger partial charge < -0.3 is 14.8 Å². The van der Waals surface area contributed by atoms with Gasteiger partial charge in [-0.25, -0.2) is 12.8 Å². The largest absolute Gasteiger partial charge is 0.490 e. The lowest BCUT2D eigenvalue weighted by Gasteiger charge is -2.35. The van der Waals surface area contributed by atoms with Crippen molar-refractivity contribution in [3.8, 4) is 5.75 Å². The molecule has 1 N–H and O–H groups in total. The second-order valence-corrected chi connectivity index (χ2v) is 8.04. The SMILES string of the molecule is COCCOc1ccccc1S(=O)(=O)N1CCNCC1c1cccc(F)c1.Cl. The van der Waals surface area contributed by atoms with Gasteiger partial charge in [0.25, 0.3) is 0 Å². The minimum absolute atomic E-state index is 0. The number of piperazine rings is 1. The number of methoxy groups -OCH3 is 1. The summed E-state index contributed by atoms with van der Waals surface area (Å²) in [7, 11) is -2.28. The Labute approximate surface area is 171 Å². The Hall–Kier alpha value is -1.71. The van der Waals surface area contributed by atoms with Crippen molar-refractivity contribution in [1.29, 1.82) is 0 Å². The Morgan fingerprint density at radius 1 is 1.18 bits per heavy atom. The molecular weight excluding hydrogens is 407 g/mol. The van der Waals surface area contributed by atoms with Crippen LogP contribution in [0.4, 0.5) is 4.39 Å². The molecule has 3 rings (SSSR count). The average molecular weight is 431 g/mol. The fraction of sp³-hybridized carbons (Fsp3) is 0.368. The van der Waals surface area contributed by atoms with Gasteiger partial charge in [-0.05, 0) is 29.8 Å². The van der Waals surface area contributed by atoms with Crippen molar-refractivity contribution in [2.75, 3.05) is 40.0 Å². The quantitative estimate of drug-likeness (QED) is 0.684. The molecule has 1 fully saturated rings. The number of nitrogens with one attached hydrogen (secondary N) is 1. The first-order valence-electron chi connectivity index (χ1n) is 8.73. The molecule has 6 nitrogen and oxygen atoms in total. The van der Waals surface area contributed by atoms with Crippen molar-refractivity contribution < 1.29 is 22.3 Å². The molecule has 0 radical (unpaired) electrons. The molecule has 1 unspecified atom stereocenters. The molecule has 28 heavy (non-hydrogen) atoms. The van der Waals surface area contributed by atoms with E-state index in [1.165, 1.54) is 22.5 Å². The summed E-state index contributed by atoms with van der Waals surface area (Å²) in [6.45, 7) is 1.83. The number of para-hydroxylation sites is 1. The lowest BCUT2D eigenvalue weighted by molar-refractivity contribution is 0.144. The number of ether oxygens (including phenoxy) is 2. The van der Waals surface area contributed by atoms with Crippen LogP contribution in [0.3, 0.4) is 0 Å². The highest BCUT2D eigenvalue weighted by Crippen LogP contribution is 2.33. The maximum atomic E-state index is 13.7. The van der Waals surface area contributed by atoms with E-state index in [-0.39, 0.29) is 36.2 Å². The van der Waals surface area contributed by atoms with Crippen LogP contribution in [0.5, 0.6) is 5.75 Å². The molecule has 1 saturated heterocycles. The molecule has 1 aliphatic heterocycles. The minimum Gasteiger partial charge on any atom is -0.490 e. The molecule has 1 heterocycles. The Kier molecular flexibility index (Phi) is 8.21. The topological polar surface area (TPSA) is 67.9 Å². The van der Waals surface area contributed by atoms with E-state index >= 15 is 0 Å². The highest BCUT2D eigenvalue weighted by atomic mass is 35.5. The fourth-order valence-electron chi connectivity index (χ4n) is 3.12. The third-order valence-electron chi connectivity index (χ3n) is 4.41. The Morgan fingerprint density at radius 2 is 1.96 bits per heavy atom. The van der Waals surface area contributed by atoms with Crippen molar-refractivity contribution in [2.24, 2.45) is 0 Å². The van der Waals surface area contributed by atoms with E-state index in [1.54, 1.807) is 37.4 Å². The second kappa shape index (κ2) is 10.2. The molecule has 0 spiro atoms. The van der Waals surface area contributed by atoms with Crippen LogP contribution in [0.2, 0.25) is 0 Å². The van der Waals surface area contributed by atoms with Gasteiger partial charge in [-0.15, -0.1) is 12.4 Å². The van der Waals surface area contributed by atoms with Gasteiger partial charge in [0, 0.05) is 26.7 Å². The van der Waals surface area contributed by atoms with E-state index in [1.807, 2.05) is 0 Å². The molecule has 2 aromatic rings. The Bertz CT molecular complexity index is 882. The zero-order chi connectivity index (χ0) is 19.3. The van der Waals surface area contributed by atoms with Crippen LogP contribution in [0.15, 0.2) is 53.4 Å². The van der Waals surface area contributed by atoms with Gasteiger partial charge >= 0.3 is 0 Å². The van der Waals surface area contributed by atoms with Crippen LogP contribution in [0, 0.1) is 5.82 Å². The first kappa shape index (κ1) is 22.6. The maximum absolute atomic E-state index is 13.7. The lowest BCUT2D eigenvalue weighted by Crippen LogP contribution is -2.48. The van der Waals surface area contributed by atoms with Gasteiger partial charge in [-0.3, -0.25) is 0 Å². The van der Waals surface area contributed by atoms with E-state index in [4.69, 9.17) is 9.47 Å². The molecule has 0 saturated carbocycles. The number of nitrogens with zero attached hydrogens (tertiary/aromatic N) is 1. The smallest absolute Gasteiger partial charge is 0.247 e. The van der Waals surface area contributed by atoms with Gasteiger partial charge in [0.1, 0.15) is 23.1 Å². The molecule has 0 aromatic heterocycles. The minimum atomic E-state index is -3.83. The zero-order valence-corrected chi connectivity index (χ0v) is 17.1. The third-order valence-corrected chi connectivity index (χ3v) is 6.36. The van der Waals surface area contributed by atoms with Gasteiger partial charge in [-0.1, -0.05) is 24.3 Å². The predicted octanol–water partition coefficient (Wildman–Crippen LogP) is 2.61. The van der Waals surface area contributed by atoms with Crippen LogP contribution in [-0.2, 0) is 14.8 Å². The molecule has 1 atom stereocenters. The Morgan fingerprint density at radius 3 is 2.71 bits per heavy atom. The summed E-state index contributed by atoms with van der Waals surface area (Å²) in [6.07, 6.45) is 0. The third kappa shape index (κ3) is 5.01. The summed E-state index contributed by atoms with van der Waals surface area (Å²) in [4.78, 5) is 0.101. The number of halogens is 2. The Balaban J connectivity index is 0.00000280. The predicted molar refractivity (Wildman–Crippen MR) is 107 cm³/mol. The monoisotopic (exact) mass is 430 g/mol. The van der Waals surface area contributed by atoms with Crippen LogP contribution in [0.25, 0.3) is 0 Å². The standard InChI is InChI=1S/C19H23FN2O4S.ClH/c1-25-11-12-26-18-7-2-3-8-19(18)27(23,24)22-10-9-21-14-17(22)15-5-4-6-16(20)13-15;/h2-8,13,17,21H,9-12,14H2,1H3;1H. The van der Waals surface area contributed by atoms with Crippen molar-refractivity contribution in [3.05, 3.63) is 59.9 Å². The van der Waals surface area contributed by atoms with Gasteiger partial charge in [0.05, 0.1) is 12.6 Å². The molecular formula is C19H24ClFN2O4S. The lowest BCUT2D eigenvalue weighted by atomic mass is 10.1. The summed E-state index contributed by atoms with van der Waals surface area (Å²) in [5.74, 6) is -0.107. The zero-order valence-electron chi connectivity index (χ0n) is 15.5. The summed E-state index contributed by atoms with van der Waals surface area (Å²) in [5, 5.41) is 3.19. The van der Waals surface area contributed by atoms with Crippen molar-refractivity contribution in [2.45, 2.75) is 10.9 Å². The maximum Gasteiger partial charge on any atom is 0.247 e. The van der Waals surface area contributed by atoms with Crippen molar-refractivity contribution >= 4 is 22.4 Å². The van der Waals surface area contributed by atoms with E-state index in [0.717, 1.165) is 0 Å². The van der Waals surface area contributed by atoms with E-state index in [2.05, 4.69) is 5.32 Å². The second-order valence-electron chi connectivity index (χ2n) is 6.18. The van der Waals surface area contributed by atoms with Gasteiger partial charge in [0.15, 0.2) is 0 Å².